The van der Waals surface area contributed by atoms with Gasteiger partial charge in [-0.2, -0.15) is 0 Å². The summed E-state index contributed by atoms with van der Waals surface area (Å²) in [5.74, 6) is -0.945. The molecule has 1 rings (SSSR count). The number of carbonyl (C=O) groups is 1. The van der Waals surface area contributed by atoms with Crippen molar-refractivity contribution in [1.29, 1.82) is 0 Å². The fraction of sp³-hybridized carbons (Fsp3) is 0.462. The van der Waals surface area contributed by atoms with Gasteiger partial charge in [-0.1, -0.05) is 0 Å². The van der Waals surface area contributed by atoms with Crippen LogP contribution in [0.15, 0.2) is 16.6 Å². The lowest BCUT2D eigenvalue weighted by Crippen LogP contribution is -2.31. The van der Waals surface area contributed by atoms with Gasteiger partial charge < -0.3 is 20.3 Å². The van der Waals surface area contributed by atoms with E-state index >= 15 is 0 Å². The maximum atomic E-state index is 13.9. The van der Waals surface area contributed by atoms with Crippen molar-refractivity contribution in [2.45, 2.75) is 26.1 Å². The molecule has 1 aromatic rings. The second-order valence-corrected chi connectivity index (χ2v) is 4.82. The molecule has 0 aliphatic rings. The Morgan fingerprint density at radius 2 is 2.10 bits per heavy atom. The van der Waals surface area contributed by atoms with E-state index in [4.69, 9.17) is 10.5 Å². The van der Waals surface area contributed by atoms with Crippen molar-refractivity contribution in [2.24, 2.45) is 5.73 Å². The third-order valence-electron chi connectivity index (χ3n) is 2.56. The Morgan fingerprint density at radius 3 is 2.65 bits per heavy atom. The number of hydrogen-bond donors (Lipinski definition) is 2. The summed E-state index contributed by atoms with van der Waals surface area (Å²) < 4.78 is 24.0. The molecule has 7 heteroatoms. The number of rotatable bonds is 6. The number of benzene rings is 1. The molecule has 0 spiro atoms. The summed E-state index contributed by atoms with van der Waals surface area (Å²) in [7, 11) is 0. The van der Waals surface area contributed by atoms with Crippen molar-refractivity contribution in [3.63, 3.8) is 0 Å². The molecule has 0 aliphatic carbocycles. The van der Waals surface area contributed by atoms with Crippen LogP contribution in [0, 0.1) is 0 Å². The van der Waals surface area contributed by atoms with E-state index in [1.165, 1.54) is 12.1 Å². The number of phenolic OH excluding ortho intramolecular Hbond substituents is 1. The molecule has 0 fully saturated rings. The Kier molecular flexibility index (Phi) is 6.22. The van der Waals surface area contributed by atoms with Crippen LogP contribution in [0.5, 0.6) is 11.5 Å². The smallest absolute Gasteiger partial charge is 0.342 e. The first kappa shape index (κ1) is 16.7. The van der Waals surface area contributed by atoms with Crippen LogP contribution >= 0.6 is 15.9 Å². The number of esters is 1. The molecule has 1 unspecified atom stereocenters. The molecular weight excluding hydrogens is 333 g/mol. The monoisotopic (exact) mass is 349 g/mol. The van der Waals surface area contributed by atoms with Crippen molar-refractivity contribution in [2.75, 3.05) is 13.2 Å². The van der Waals surface area contributed by atoms with E-state index in [0.29, 0.717) is 16.6 Å². The fourth-order valence-electron chi connectivity index (χ4n) is 1.59. The lowest BCUT2D eigenvalue weighted by atomic mass is 10.0. The summed E-state index contributed by atoms with van der Waals surface area (Å²) in [6, 6.07) is 1.64. The Labute approximate surface area is 125 Å². The van der Waals surface area contributed by atoms with Gasteiger partial charge in [0.1, 0.15) is 0 Å². The summed E-state index contributed by atoms with van der Waals surface area (Å²) in [5.41, 5.74) is 6.04. The number of halogens is 2. The number of nitrogens with two attached hydrogens (primary N) is 1. The van der Waals surface area contributed by atoms with Gasteiger partial charge in [0.05, 0.1) is 23.7 Å². The third kappa shape index (κ3) is 3.83. The van der Waals surface area contributed by atoms with E-state index in [1.807, 2.05) is 0 Å². The number of phenols is 1. The van der Waals surface area contributed by atoms with Gasteiger partial charge in [0.15, 0.2) is 11.5 Å². The Bertz CT molecular complexity index is 484. The Balaban J connectivity index is 3.03. The average molecular weight is 350 g/mol. The SMILES string of the molecule is CCOC(=O)C(F)[C@H](N)c1cc(Br)c(O)c(OCC)c1. The highest BCUT2D eigenvalue weighted by Gasteiger charge is 2.29. The maximum absolute atomic E-state index is 13.9. The lowest BCUT2D eigenvalue weighted by molar-refractivity contribution is -0.149. The Hall–Kier alpha value is -1.34. The van der Waals surface area contributed by atoms with Crippen LogP contribution in [0.25, 0.3) is 0 Å². The van der Waals surface area contributed by atoms with Gasteiger partial charge in [-0.3, -0.25) is 0 Å². The highest BCUT2D eigenvalue weighted by Crippen LogP contribution is 2.37. The van der Waals surface area contributed by atoms with Gasteiger partial charge in [0.2, 0.25) is 6.17 Å². The summed E-state index contributed by atoms with van der Waals surface area (Å²) in [5, 5.41) is 9.77. The number of hydrogen-bond acceptors (Lipinski definition) is 5. The summed E-state index contributed by atoms with van der Waals surface area (Å²) in [6.45, 7) is 3.74. The number of ether oxygens (including phenoxy) is 2. The van der Waals surface area contributed by atoms with Gasteiger partial charge in [0.25, 0.3) is 0 Å². The highest BCUT2D eigenvalue weighted by molar-refractivity contribution is 9.10. The molecule has 5 nitrogen and oxygen atoms in total. The zero-order valence-corrected chi connectivity index (χ0v) is 12.8. The first-order chi connectivity index (χ1) is 9.42. The van der Waals surface area contributed by atoms with E-state index in [0.717, 1.165) is 0 Å². The minimum atomic E-state index is -1.99. The number of carbonyl (C=O) groups excluding carboxylic acids is 1. The quantitative estimate of drug-likeness (QED) is 0.771. The van der Waals surface area contributed by atoms with E-state index < -0.39 is 18.2 Å². The standard InChI is InChI=1S/C13H17BrFNO4/c1-3-19-9-6-7(5-8(14)12(9)17)11(16)10(15)13(18)20-4-2/h5-6,10-11,17H,3-4,16H2,1-2H3/t10?,11-/m1/s1. The van der Waals surface area contributed by atoms with Gasteiger partial charge in [0, 0.05) is 0 Å². The molecule has 20 heavy (non-hydrogen) atoms. The molecule has 0 bridgehead atoms. The molecule has 0 aliphatic heterocycles. The van der Waals surface area contributed by atoms with Crippen molar-refractivity contribution >= 4 is 21.9 Å². The Morgan fingerprint density at radius 1 is 1.45 bits per heavy atom. The molecule has 0 heterocycles. The molecule has 2 atom stereocenters. The largest absolute Gasteiger partial charge is 0.503 e. The molecule has 3 N–H and O–H groups in total. The van der Waals surface area contributed by atoms with Crippen LogP contribution in [-0.2, 0) is 9.53 Å². The third-order valence-corrected chi connectivity index (χ3v) is 3.17. The van der Waals surface area contributed by atoms with Crippen LogP contribution in [0.4, 0.5) is 4.39 Å². The van der Waals surface area contributed by atoms with Crippen LogP contribution in [0.3, 0.4) is 0 Å². The predicted octanol–water partition coefficient (Wildman–Crippen LogP) is 2.45. The van der Waals surface area contributed by atoms with Crippen molar-refractivity contribution in [3.8, 4) is 11.5 Å². The normalized spacial score (nSPS) is 13.7. The second kappa shape index (κ2) is 7.44. The van der Waals surface area contributed by atoms with Gasteiger partial charge in [-0.25, -0.2) is 9.18 Å². The number of aromatic hydroxyl groups is 1. The maximum Gasteiger partial charge on any atom is 0.342 e. The molecule has 0 saturated carbocycles. The molecular formula is C13H17BrFNO4. The van der Waals surface area contributed by atoms with Crippen LogP contribution in [-0.4, -0.2) is 30.5 Å². The van der Waals surface area contributed by atoms with Crippen molar-refractivity contribution in [1.82, 2.24) is 0 Å². The highest BCUT2D eigenvalue weighted by atomic mass is 79.9. The first-order valence-electron chi connectivity index (χ1n) is 6.13. The van der Waals surface area contributed by atoms with Crippen molar-refractivity contribution < 1.29 is 23.8 Å². The van der Waals surface area contributed by atoms with Crippen LogP contribution < -0.4 is 10.5 Å². The lowest BCUT2D eigenvalue weighted by Gasteiger charge is -2.18. The molecule has 0 amide bonds. The van der Waals surface area contributed by atoms with Gasteiger partial charge >= 0.3 is 5.97 Å². The first-order valence-corrected chi connectivity index (χ1v) is 6.93. The van der Waals surface area contributed by atoms with Crippen LogP contribution in [0.2, 0.25) is 0 Å². The predicted molar refractivity (Wildman–Crippen MR) is 75.4 cm³/mol. The molecule has 0 saturated heterocycles. The van der Waals surface area contributed by atoms with E-state index in [9.17, 15) is 14.3 Å². The second-order valence-electron chi connectivity index (χ2n) is 3.96. The average Bonchev–Trinajstić information content (AvgIpc) is 2.42. The van der Waals surface area contributed by atoms with E-state index in [2.05, 4.69) is 20.7 Å². The molecule has 0 aromatic heterocycles. The topological polar surface area (TPSA) is 81.8 Å². The van der Waals surface area contributed by atoms with E-state index in [1.54, 1.807) is 13.8 Å². The zero-order chi connectivity index (χ0) is 15.3. The summed E-state index contributed by atoms with van der Waals surface area (Å²) in [4.78, 5) is 11.4. The molecule has 0 radical (unpaired) electrons. The molecule has 1 aromatic carbocycles. The minimum absolute atomic E-state index is 0.0788. The summed E-state index contributed by atoms with van der Waals surface area (Å²) in [6.07, 6.45) is -1.99. The zero-order valence-electron chi connectivity index (χ0n) is 11.2. The van der Waals surface area contributed by atoms with Crippen molar-refractivity contribution in [3.05, 3.63) is 22.2 Å². The summed E-state index contributed by atoms with van der Waals surface area (Å²) >= 11 is 3.13. The minimum Gasteiger partial charge on any atom is -0.503 e. The van der Waals surface area contributed by atoms with E-state index in [-0.39, 0.29) is 18.1 Å². The van der Waals surface area contributed by atoms with Gasteiger partial charge in [-0.15, -0.1) is 0 Å². The van der Waals surface area contributed by atoms with Gasteiger partial charge in [-0.05, 0) is 47.5 Å². The fourth-order valence-corrected chi connectivity index (χ4v) is 2.05. The number of alkyl halides is 1. The van der Waals surface area contributed by atoms with Crippen LogP contribution in [0.1, 0.15) is 25.5 Å². The molecule has 112 valence electrons.